The first-order valence-corrected chi connectivity index (χ1v) is 9.86. The summed E-state index contributed by atoms with van der Waals surface area (Å²) in [4.78, 5) is 28.8. The molecule has 0 bridgehead atoms. The molecule has 2 fully saturated rings. The molecule has 1 spiro atoms. The van der Waals surface area contributed by atoms with Crippen LogP contribution in [0.15, 0.2) is 30.3 Å². The topological polar surface area (TPSA) is 52.7 Å². The van der Waals surface area contributed by atoms with Crippen molar-refractivity contribution in [2.75, 3.05) is 26.2 Å². The summed E-state index contributed by atoms with van der Waals surface area (Å²) in [7, 11) is 0. The minimum Gasteiger partial charge on any atom is -0.351 e. The number of rotatable bonds is 5. The van der Waals surface area contributed by atoms with Gasteiger partial charge >= 0.3 is 0 Å². The summed E-state index contributed by atoms with van der Waals surface area (Å²) in [5.41, 5.74) is 1.39. The minimum atomic E-state index is -0.108. The van der Waals surface area contributed by atoms with Crippen molar-refractivity contribution < 1.29 is 9.59 Å². The van der Waals surface area contributed by atoms with E-state index in [-0.39, 0.29) is 17.4 Å². The Morgan fingerprint density at radius 1 is 1.19 bits per heavy atom. The molecule has 3 rings (SSSR count). The molecule has 1 N–H and O–H groups in total. The van der Waals surface area contributed by atoms with Crippen molar-refractivity contribution in [1.29, 1.82) is 0 Å². The largest absolute Gasteiger partial charge is 0.351 e. The van der Waals surface area contributed by atoms with Crippen molar-refractivity contribution in [2.24, 2.45) is 5.41 Å². The third-order valence-corrected chi connectivity index (χ3v) is 6.23. The lowest BCUT2D eigenvalue weighted by Crippen LogP contribution is -2.54. The van der Waals surface area contributed by atoms with Crippen LogP contribution in [0.25, 0.3) is 0 Å². The van der Waals surface area contributed by atoms with Gasteiger partial charge in [0.15, 0.2) is 0 Å². The highest BCUT2D eigenvalue weighted by Crippen LogP contribution is 2.40. The second-order valence-corrected chi connectivity index (χ2v) is 7.82. The average molecular weight is 357 g/mol. The lowest BCUT2D eigenvalue weighted by molar-refractivity contribution is -0.139. The number of benzene rings is 1. The predicted molar refractivity (Wildman–Crippen MR) is 102 cm³/mol. The van der Waals surface area contributed by atoms with E-state index in [4.69, 9.17) is 0 Å². The summed E-state index contributed by atoms with van der Waals surface area (Å²) in [6, 6.07) is 9.91. The van der Waals surface area contributed by atoms with Gasteiger partial charge < -0.3 is 10.2 Å². The Labute approximate surface area is 156 Å². The van der Waals surface area contributed by atoms with Crippen LogP contribution in [0, 0.1) is 5.41 Å². The van der Waals surface area contributed by atoms with Crippen molar-refractivity contribution in [3.05, 3.63) is 35.9 Å². The quantitative estimate of drug-likeness (QED) is 0.880. The van der Waals surface area contributed by atoms with E-state index in [0.717, 1.165) is 51.0 Å². The first kappa shape index (κ1) is 18.9. The zero-order chi connectivity index (χ0) is 18.6. The maximum atomic E-state index is 12.5. The molecule has 0 unspecified atom stereocenters. The van der Waals surface area contributed by atoms with E-state index < -0.39 is 0 Å². The number of carbonyl (C=O) groups is 2. The van der Waals surface area contributed by atoms with E-state index in [2.05, 4.69) is 17.1 Å². The zero-order valence-electron chi connectivity index (χ0n) is 16.0. The van der Waals surface area contributed by atoms with Crippen molar-refractivity contribution >= 4 is 11.8 Å². The van der Waals surface area contributed by atoms with E-state index >= 15 is 0 Å². The van der Waals surface area contributed by atoms with Crippen LogP contribution in [0.1, 0.15) is 45.1 Å². The Bertz CT molecular complexity index is 623. The van der Waals surface area contributed by atoms with Crippen LogP contribution in [0.2, 0.25) is 0 Å². The normalized spacial score (nSPS) is 21.6. The molecule has 2 aliphatic rings. The van der Waals surface area contributed by atoms with Gasteiger partial charge in [-0.3, -0.25) is 14.5 Å². The fraction of sp³-hybridized carbons (Fsp3) is 0.619. The summed E-state index contributed by atoms with van der Waals surface area (Å²) in [6.07, 6.45) is 3.84. The molecule has 0 radical (unpaired) electrons. The van der Waals surface area contributed by atoms with Gasteiger partial charge in [-0.2, -0.15) is 0 Å². The second kappa shape index (κ2) is 8.21. The Balaban J connectivity index is 1.49. The maximum Gasteiger partial charge on any atom is 0.237 e. The molecular weight excluding hydrogens is 326 g/mol. The molecule has 1 aromatic carbocycles. The zero-order valence-corrected chi connectivity index (χ0v) is 16.0. The molecular formula is C21H31N3O2. The van der Waals surface area contributed by atoms with E-state index in [1.807, 2.05) is 42.2 Å². The standard InChI is InChI=1S/C21H31N3O2/c1-3-23-16-21(10-9-19(23)25)11-13-24(14-12-21)17(2)20(26)22-15-18-7-5-4-6-8-18/h4-8,17H,3,9-16H2,1-2H3,(H,22,26)/t17-/m1/s1. The van der Waals surface area contributed by atoms with Crippen molar-refractivity contribution in [3.63, 3.8) is 0 Å². The highest BCUT2D eigenvalue weighted by atomic mass is 16.2. The van der Waals surface area contributed by atoms with Gasteiger partial charge in [0.25, 0.3) is 0 Å². The van der Waals surface area contributed by atoms with Gasteiger partial charge in [0.2, 0.25) is 11.8 Å². The molecule has 2 heterocycles. The molecule has 2 aliphatic heterocycles. The Kier molecular flexibility index (Phi) is 5.97. The molecule has 142 valence electrons. The van der Waals surface area contributed by atoms with Gasteiger partial charge in [-0.1, -0.05) is 30.3 Å². The van der Waals surface area contributed by atoms with E-state index in [1.165, 1.54) is 0 Å². The molecule has 5 heteroatoms. The monoisotopic (exact) mass is 357 g/mol. The molecule has 0 aromatic heterocycles. The van der Waals surface area contributed by atoms with Gasteiger partial charge in [-0.15, -0.1) is 0 Å². The molecule has 26 heavy (non-hydrogen) atoms. The molecule has 1 aromatic rings. The van der Waals surface area contributed by atoms with Gasteiger partial charge in [0.1, 0.15) is 0 Å². The van der Waals surface area contributed by atoms with Crippen molar-refractivity contribution in [2.45, 2.75) is 52.1 Å². The molecule has 0 aliphatic carbocycles. The highest BCUT2D eigenvalue weighted by molar-refractivity contribution is 5.81. The van der Waals surface area contributed by atoms with Gasteiger partial charge in [-0.05, 0) is 57.2 Å². The first-order chi connectivity index (χ1) is 12.5. The summed E-state index contributed by atoms with van der Waals surface area (Å²) >= 11 is 0. The molecule has 0 saturated carbocycles. The van der Waals surface area contributed by atoms with Crippen LogP contribution in [0.3, 0.4) is 0 Å². The minimum absolute atomic E-state index is 0.0961. The number of nitrogens with zero attached hydrogens (tertiary/aromatic N) is 2. The number of likely N-dealkylation sites (tertiary alicyclic amines) is 2. The summed E-state index contributed by atoms with van der Waals surface area (Å²) in [5.74, 6) is 0.396. The van der Waals surface area contributed by atoms with Gasteiger partial charge in [0, 0.05) is 26.1 Å². The van der Waals surface area contributed by atoms with Crippen molar-refractivity contribution in [3.8, 4) is 0 Å². The van der Waals surface area contributed by atoms with Gasteiger partial charge in [-0.25, -0.2) is 0 Å². The molecule has 1 atom stereocenters. The lowest BCUT2D eigenvalue weighted by Gasteiger charge is -2.48. The van der Waals surface area contributed by atoms with Crippen molar-refractivity contribution in [1.82, 2.24) is 15.1 Å². The third-order valence-electron chi connectivity index (χ3n) is 6.23. The Morgan fingerprint density at radius 2 is 1.88 bits per heavy atom. The highest BCUT2D eigenvalue weighted by Gasteiger charge is 2.41. The average Bonchev–Trinajstić information content (AvgIpc) is 2.69. The maximum absolute atomic E-state index is 12.5. The molecule has 2 amide bonds. The fourth-order valence-electron chi connectivity index (χ4n) is 4.28. The SMILES string of the molecule is CCN1CC2(CCC1=O)CCN([C@H](C)C(=O)NCc1ccccc1)CC2. The Morgan fingerprint density at radius 3 is 2.54 bits per heavy atom. The lowest BCUT2D eigenvalue weighted by atomic mass is 9.72. The predicted octanol–water partition coefficient (Wildman–Crippen LogP) is 2.42. The van der Waals surface area contributed by atoms with Crippen LogP contribution < -0.4 is 5.32 Å². The summed E-state index contributed by atoms with van der Waals surface area (Å²) in [6.45, 7) is 8.21. The van der Waals surface area contributed by atoms with Gasteiger partial charge in [0.05, 0.1) is 6.04 Å². The number of carbonyl (C=O) groups excluding carboxylic acids is 2. The molecule has 5 nitrogen and oxygen atoms in total. The number of amides is 2. The number of piperidine rings is 2. The summed E-state index contributed by atoms with van der Waals surface area (Å²) in [5, 5.41) is 3.06. The smallest absolute Gasteiger partial charge is 0.237 e. The van der Waals surface area contributed by atoms with Crippen LogP contribution >= 0.6 is 0 Å². The second-order valence-electron chi connectivity index (χ2n) is 7.82. The molecule has 2 saturated heterocycles. The number of hydrogen-bond acceptors (Lipinski definition) is 3. The summed E-state index contributed by atoms with van der Waals surface area (Å²) < 4.78 is 0. The Hall–Kier alpha value is -1.88. The van der Waals surface area contributed by atoms with Crippen LogP contribution in [-0.4, -0.2) is 53.8 Å². The van der Waals surface area contributed by atoms with Crippen LogP contribution in [0.5, 0.6) is 0 Å². The first-order valence-electron chi connectivity index (χ1n) is 9.86. The van der Waals surface area contributed by atoms with Crippen LogP contribution in [0.4, 0.5) is 0 Å². The van der Waals surface area contributed by atoms with E-state index in [9.17, 15) is 9.59 Å². The fourth-order valence-corrected chi connectivity index (χ4v) is 4.28. The van der Waals surface area contributed by atoms with E-state index in [1.54, 1.807) is 0 Å². The third kappa shape index (κ3) is 4.26. The number of nitrogens with one attached hydrogen (secondary N) is 1. The van der Waals surface area contributed by atoms with E-state index in [0.29, 0.717) is 18.9 Å². The van der Waals surface area contributed by atoms with Crippen LogP contribution in [-0.2, 0) is 16.1 Å². The number of hydrogen-bond donors (Lipinski definition) is 1.